The highest BCUT2D eigenvalue weighted by atomic mass is 32.2. The highest BCUT2D eigenvalue weighted by Gasteiger charge is 2.22. The summed E-state index contributed by atoms with van der Waals surface area (Å²) in [6.07, 6.45) is 3.70. The summed E-state index contributed by atoms with van der Waals surface area (Å²) < 4.78 is 2.08. The van der Waals surface area contributed by atoms with Crippen molar-refractivity contribution in [3.8, 4) is 0 Å². The molecular weight excluding hydrogens is 366 g/mol. The van der Waals surface area contributed by atoms with E-state index in [1.807, 2.05) is 18.2 Å². The largest absolute Gasteiger partial charge is 0.369 e. The van der Waals surface area contributed by atoms with Gasteiger partial charge in [-0.3, -0.25) is 9.59 Å². The Hall–Kier alpha value is -2.12. The minimum absolute atomic E-state index is 0.0608. The van der Waals surface area contributed by atoms with Crippen LogP contribution in [0.4, 0.5) is 0 Å². The van der Waals surface area contributed by atoms with Crippen molar-refractivity contribution in [2.24, 2.45) is 5.73 Å². The number of nitrogens with two attached hydrogens (primary N) is 1. The number of carbonyl (C=O) groups is 1. The van der Waals surface area contributed by atoms with E-state index < -0.39 is 0 Å². The maximum Gasteiger partial charge on any atom is 0.227 e. The van der Waals surface area contributed by atoms with Gasteiger partial charge in [0.2, 0.25) is 11.3 Å². The van der Waals surface area contributed by atoms with Crippen LogP contribution < -0.4 is 11.2 Å². The van der Waals surface area contributed by atoms with Crippen molar-refractivity contribution in [3.63, 3.8) is 0 Å². The molecular formula is C19H19N3O2S2. The molecule has 0 saturated carbocycles. The first-order valence-electron chi connectivity index (χ1n) is 8.63. The molecule has 7 heteroatoms. The topological polar surface area (TPSA) is 78.0 Å². The molecule has 0 aliphatic heterocycles. The molecule has 1 amide bonds. The van der Waals surface area contributed by atoms with Crippen LogP contribution in [0.3, 0.4) is 0 Å². The summed E-state index contributed by atoms with van der Waals surface area (Å²) in [5, 5.41) is 0.701. The number of hydrogen-bond acceptors (Lipinski definition) is 5. The fourth-order valence-corrected chi connectivity index (χ4v) is 5.47. The van der Waals surface area contributed by atoms with E-state index in [-0.39, 0.29) is 17.1 Å². The van der Waals surface area contributed by atoms with Gasteiger partial charge in [-0.25, -0.2) is 4.98 Å². The average molecular weight is 386 g/mol. The Balaban J connectivity index is 1.76. The third-order valence-corrected chi connectivity index (χ3v) is 6.88. The Morgan fingerprint density at radius 2 is 2.08 bits per heavy atom. The maximum absolute atomic E-state index is 12.8. The number of amides is 1. The number of primary amides is 1. The number of nitrogens with zero attached hydrogens (tertiary/aromatic N) is 2. The molecule has 1 aliphatic rings. The van der Waals surface area contributed by atoms with Crippen LogP contribution in [-0.4, -0.2) is 21.2 Å². The van der Waals surface area contributed by atoms with Crippen LogP contribution in [0.5, 0.6) is 0 Å². The second kappa shape index (κ2) is 7.25. The van der Waals surface area contributed by atoms with E-state index in [4.69, 9.17) is 5.73 Å². The molecule has 1 aliphatic carbocycles. The van der Waals surface area contributed by atoms with Gasteiger partial charge in [-0.1, -0.05) is 42.1 Å². The van der Waals surface area contributed by atoms with E-state index >= 15 is 0 Å². The molecule has 0 spiro atoms. The zero-order chi connectivity index (χ0) is 18.1. The number of aryl methyl sites for hydroxylation is 3. The van der Waals surface area contributed by atoms with E-state index in [2.05, 4.69) is 21.7 Å². The lowest BCUT2D eigenvalue weighted by molar-refractivity contribution is -0.115. The van der Waals surface area contributed by atoms with Crippen LogP contribution in [0.25, 0.3) is 10.3 Å². The number of thioether (sulfide) groups is 1. The third kappa shape index (κ3) is 3.29. The minimum Gasteiger partial charge on any atom is -0.369 e. The zero-order valence-electron chi connectivity index (χ0n) is 14.2. The van der Waals surface area contributed by atoms with Crippen LogP contribution >= 0.6 is 23.1 Å². The molecule has 3 aromatic rings. The van der Waals surface area contributed by atoms with Gasteiger partial charge in [0.1, 0.15) is 10.3 Å². The molecule has 2 heterocycles. The monoisotopic (exact) mass is 385 g/mol. The van der Waals surface area contributed by atoms with E-state index in [1.165, 1.54) is 22.2 Å². The van der Waals surface area contributed by atoms with Crippen LogP contribution in [0.2, 0.25) is 0 Å². The Bertz CT molecular complexity index is 1020. The van der Waals surface area contributed by atoms with Gasteiger partial charge in [0.15, 0.2) is 5.16 Å². The molecule has 2 aromatic heterocycles. The van der Waals surface area contributed by atoms with Crippen molar-refractivity contribution < 1.29 is 4.79 Å². The number of imidazole rings is 1. The van der Waals surface area contributed by atoms with Gasteiger partial charge in [0, 0.05) is 17.0 Å². The van der Waals surface area contributed by atoms with Crippen LogP contribution in [-0.2, 0) is 30.6 Å². The first-order valence-corrected chi connectivity index (χ1v) is 10.4. The Morgan fingerprint density at radius 3 is 2.85 bits per heavy atom. The summed E-state index contributed by atoms with van der Waals surface area (Å²) >= 11 is 2.99. The van der Waals surface area contributed by atoms with Crippen LogP contribution in [0, 0.1) is 0 Å². The average Bonchev–Trinajstić information content (AvgIpc) is 3.24. The van der Waals surface area contributed by atoms with Crippen molar-refractivity contribution >= 4 is 39.4 Å². The molecule has 0 atom stereocenters. The zero-order valence-corrected chi connectivity index (χ0v) is 15.9. The van der Waals surface area contributed by atoms with Crippen molar-refractivity contribution in [2.45, 2.75) is 37.4 Å². The fourth-order valence-electron chi connectivity index (χ4n) is 3.33. The van der Waals surface area contributed by atoms with Crippen molar-refractivity contribution in [1.82, 2.24) is 9.55 Å². The number of aromatic nitrogens is 2. The lowest BCUT2D eigenvalue weighted by atomic mass is 10.1. The summed E-state index contributed by atoms with van der Waals surface area (Å²) in [5.41, 5.74) is 8.06. The predicted octanol–water partition coefficient (Wildman–Crippen LogP) is 2.77. The van der Waals surface area contributed by atoms with Gasteiger partial charge in [-0.2, -0.15) is 0 Å². The fraction of sp³-hybridized carbons (Fsp3) is 0.316. The lowest BCUT2D eigenvalue weighted by Gasteiger charge is -2.09. The molecule has 0 bridgehead atoms. The predicted molar refractivity (Wildman–Crippen MR) is 106 cm³/mol. The Labute approximate surface area is 159 Å². The summed E-state index contributed by atoms with van der Waals surface area (Å²) in [4.78, 5) is 30.7. The smallest absolute Gasteiger partial charge is 0.227 e. The lowest BCUT2D eigenvalue weighted by Crippen LogP contribution is -2.14. The van der Waals surface area contributed by atoms with E-state index in [0.717, 1.165) is 42.6 Å². The molecule has 0 unspecified atom stereocenters. The number of rotatable bonds is 6. The number of carbonyl (C=O) groups excluding carboxylic acids is 1. The molecule has 2 N–H and O–H groups in total. The normalized spacial score (nSPS) is 13.2. The van der Waals surface area contributed by atoms with E-state index in [9.17, 15) is 9.59 Å². The van der Waals surface area contributed by atoms with Crippen LogP contribution in [0.1, 0.15) is 22.4 Å². The Morgan fingerprint density at radius 1 is 1.27 bits per heavy atom. The highest BCUT2D eigenvalue weighted by molar-refractivity contribution is 7.99. The summed E-state index contributed by atoms with van der Waals surface area (Å²) in [7, 11) is 0. The standard InChI is InChI=1S/C19H19N3O2S2/c20-15(23)11-25-19-21-16-17(24)13-7-4-8-14(13)26-18(16)22(19)10-9-12-5-2-1-3-6-12/h1-3,5-6H,4,7-11H2,(H2,20,23). The van der Waals surface area contributed by atoms with Gasteiger partial charge in [-0.05, 0) is 31.2 Å². The molecule has 0 radical (unpaired) electrons. The first-order chi connectivity index (χ1) is 12.6. The summed E-state index contributed by atoms with van der Waals surface area (Å²) in [6, 6.07) is 10.2. The summed E-state index contributed by atoms with van der Waals surface area (Å²) in [5.74, 6) is -0.224. The first kappa shape index (κ1) is 17.3. The maximum atomic E-state index is 12.8. The van der Waals surface area contributed by atoms with E-state index in [0.29, 0.717) is 10.7 Å². The highest BCUT2D eigenvalue weighted by Crippen LogP contribution is 2.32. The molecule has 0 fully saturated rings. The van der Waals surface area contributed by atoms with Crippen molar-refractivity contribution in [3.05, 3.63) is 56.6 Å². The quantitative estimate of drug-likeness (QED) is 0.662. The van der Waals surface area contributed by atoms with Crippen LogP contribution in [0.15, 0.2) is 40.3 Å². The number of hydrogen-bond donors (Lipinski definition) is 1. The van der Waals surface area contributed by atoms with Crippen molar-refractivity contribution in [1.29, 1.82) is 0 Å². The summed E-state index contributed by atoms with van der Waals surface area (Å²) in [6.45, 7) is 0.719. The second-order valence-electron chi connectivity index (χ2n) is 6.38. The molecule has 5 nitrogen and oxygen atoms in total. The molecule has 134 valence electrons. The van der Waals surface area contributed by atoms with Gasteiger partial charge >= 0.3 is 0 Å². The van der Waals surface area contributed by atoms with Crippen molar-refractivity contribution in [2.75, 3.05) is 5.75 Å². The molecule has 4 rings (SSSR count). The van der Waals surface area contributed by atoms with Gasteiger partial charge in [0.05, 0.1) is 5.75 Å². The molecule has 26 heavy (non-hydrogen) atoms. The van der Waals surface area contributed by atoms with Gasteiger partial charge < -0.3 is 10.3 Å². The minimum atomic E-state index is -0.384. The number of fused-ring (bicyclic) bond motifs is 2. The second-order valence-corrected chi connectivity index (χ2v) is 8.40. The van der Waals surface area contributed by atoms with Gasteiger partial charge in [0.25, 0.3) is 0 Å². The van der Waals surface area contributed by atoms with Gasteiger partial charge in [-0.15, -0.1) is 11.3 Å². The molecule has 1 aromatic carbocycles. The molecule has 0 saturated heterocycles. The number of benzene rings is 1. The SMILES string of the molecule is NC(=O)CSc1nc2c(=O)c3c(sc2n1CCc1ccccc1)CCC3. The Kier molecular flexibility index (Phi) is 4.82. The third-order valence-electron chi connectivity index (χ3n) is 4.57. The van der Waals surface area contributed by atoms with E-state index in [1.54, 1.807) is 11.3 Å².